The third-order valence-electron chi connectivity index (χ3n) is 3.65. The number of benzene rings is 1. The van der Waals surface area contributed by atoms with Crippen molar-refractivity contribution in [3.05, 3.63) is 30.1 Å². The van der Waals surface area contributed by atoms with Gasteiger partial charge in [0.05, 0.1) is 12.4 Å². The van der Waals surface area contributed by atoms with Crippen LogP contribution < -0.4 is 4.74 Å². The maximum Gasteiger partial charge on any atom is 0.214 e. The third kappa shape index (κ3) is 4.41. The van der Waals surface area contributed by atoms with E-state index >= 15 is 0 Å². The van der Waals surface area contributed by atoms with E-state index in [2.05, 4.69) is 0 Å². The zero-order chi connectivity index (χ0) is 15.3. The number of nitrogens with zero attached hydrogens (tertiary/aromatic N) is 1. The van der Waals surface area contributed by atoms with Crippen LogP contribution in [0, 0.1) is 11.7 Å². The first-order chi connectivity index (χ1) is 10.0. The van der Waals surface area contributed by atoms with Crippen molar-refractivity contribution in [1.82, 2.24) is 4.31 Å². The minimum Gasteiger partial charge on any atom is -0.490 e. The molecule has 1 heterocycles. The molecule has 1 fully saturated rings. The molecule has 0 aromatic heterocycles. The summed E-state index contributed by atoms with van der Waals surface area (Å²) in [6, 6.07) is 6.27. The van der Waals surface area contributed by atoms with E-state index in [-0.39, 0.29) is 23.2 Å². The van der Waals surface area contributed by atoms with Crippen LogP contribution in [0.15, 0.2) is 24.3 Å². The van der Waals surface area contributed by atoms with Crippen molar-refractivity contribution in [2.45, 2.75) is 26.2 Å². The molecule has 21 heavy (non-hydrogen) atoms. The Bertz CT molecular complexity index is 562. The van der Waals surface area contributed by atoms with Gasteiger partial charge in [-0.3, -0.25) is 0 Å². The van der Waals surface area contributed by atoms with Gasteiger partial charge in [0, 0.05) is 19.0 Å². The van der Waals surface area contributed by atoms with E-state index in [0.29, 0.717) is 26.1 Å². The lowest BCUT2D eigenvalue weighted by molar-refractivity contribution is 0.176. The lowest BCUT2D eigenvalue weighted by Gasteiger charge is -2.31. The molecule has 0 spiro atoms. The SMILES string of the molecule is CCCS(=O)(=O)N1CCCC(COc2ccccc2F)C1. The van der Waals surface area contributed by atoms with E-state index in [1.807, 2.05) is 6.92 Å². The molecule has 0 aliphatic carbocycles. The molecule has 0 saturated carbocycles. The largest absolute Gasteiger partial charge is 0.490 e. The van der Waals surface area contributed by atoms with Crippen LogP contribution in [0.1, 0.15) is 26.2 Å². The lowest BCUT2D eigenvalue weighted by Crippen LogP contribution is -2.42. The molecular formula is C15H22FNO3S. The summed E-state index contributed by atoms with van der Waals surface area (Å²) in [6.07, 6.45) is 2.36. The molecule has 0 bridgehead atoms. The van der Waals surface area contributed by atoms with Gasteiger partial charge in [0.15, 0.2) is 11.6 Å². The second-order valence-electron chi connectivity index (χ2n) is 5.42. The predicted octanol–water partition coefficient (Wildman–Crippen LogP) is 2.66. The molecule has 1 atom stereocenters. The van der Waals surface area contributed by atoms with E-state index in [0.717, 1.165) is 12.8 Å². The Morgan fingerprint density at radius 2 is 2.14 bits per heavy atom. The quantitative estimate of drug-likeness (QED) is 0.811. The molecular weight excluding hydrogens is 293 g/mol. The molecule has 0 N–H and O–H groups in total. The van der Waals surface area contributed by atoms with E-state index in [1.54, 1.807) is 22.5 Å². The van der Waals surface area contributed by atoms with Crippen molar-refractivity contribution < 1.29 is 17.5 Å². The predicted molar refractivity (Wildman–Crippen MR) is 80.3 cm³/mol. The molecule has 0 radical (unpaired) electrons. The fourth-order valence-corrected chi connectivity index (χ4v) is 4.19. The average molecular weight is 315 g/mol. The number of piperidine rings is 1. The summed E-state index contributed by atoms with van der Waals surface area (Å²) in [5, 5.41) is 0. The Hall–Kier alpha value is -1.14. The van der Waals surface area contributed by atoms with Gasteiger partial charge in [0.2, 0.25) is 10.0 Å². The topological polar surface area (TPSA) is 46.6 Å². The first kappa shape index (κ1) is 16.2. The molecule has 6 heteroatoms. The molecule has 2 rings (SSSR count). The minimum absolute atomic E-state index is 0.116. The lowest BCUT2D eigenvalue weighted by atomic mass is 10.0. The van der Waals surface area contributed by atoms with Crippen molar-refractivity contribution in [3.8, 4) is 5.75 Å². The van der Waals surface area contributed by atoms with Crippen LogP contribution in [-0.2, 0) is 10.0 Å². The molecule has 1 aromatic rings. The maximum absolute atomic E-state index is 13.5. The fourth-order valence-electron chi connectivity index (χ4n) is 2.57. The first-order valence-electron chi connectivity index (χ1n) is 7.38. The molecule has 118 valence electrons. The Kier molecular flexibility index (Phi) is 5.58. The fraction of sp³-hybridized carbons (Fsp3) is 0.600. The summed E-state index contributed by atoms with van der Waals surface area (Å²) in [7, 11) is -3.15. The van der Waals surface area contributed by atoms with Crippen LogP contribution in [0.4, 0.5) is 4.39 Å². The van der Waals surface area contributed by atoms with Crippen LogP contribution in [0.3, 0.4) is 0 Å². The van der Waals surface area contributed by atoms with Gasteiger partial charge in [0.25, 0.3) is 0 Å². The number of halogens is 1. The van der Waals surface area contributed by atoms with Gasteiger partial charge in [-0.15, -0.1) is 0 Å². The van der Waals surface area contributed by atoms with Crippen LogP contribution in [0.25, 0.3) is 0 Å². The van der Waals surface area contributed by atoms with Gasteiger partial charge in [0.1, 0.15) is 0 Å². The van der Waals surface area contributed by atoms with Crippen LogP contribution in [0.2, 0.25) is 0 Å². The van der Waals surface area contributed by atoms with E-state index in [1.165, 1.54) is 6.07 Å². The summed E-state index contributed by atoms with van der Waals surface area (Å²) in [5.41, 5.74) is 0. The normalized spacial score (nSPS) is 20.4. The number of hydrogen-bond acceptors (Lipinski definition) is 3. The maximum atomic E-state index is 13.5. The van der Waals surface area contributed by atoms with Crippen LogP contribution >= 0.6 is 0 Å². The summed E-state index contributed by atoms with van der Waals surface area (Å²) in [6.45, 7) is 3.26. The van der Waals surface area contributed by atoms with Crippen molar-refractivity contribution in [2.24, 2.45) is 5.92 Å². The van der Waals surface area contributed by atoms with Gasteiger partial charge in [-0.05, 0) is 31.4 Å². The van der Waals surface area contributed by atoms with Gasteiger partial charge >= 0.3 is 0 Å². The van der Waals surface area contributed by atoms with Gasteiger partial charge in [-0.25, -0.2) is 17.1 Å². The molecule has 1 unspecified atom stereocenters. The average Bonchev–Trinajstić information content (AvgIpc) is 2.47. The Labute approximate surface area is 126 Å². The zero-order valence-corrected chi connectivity index (χ0v) is 13.1. The number of ether oxygens (including phenoxy) is 1. The summed E-state index contributed by atoms with van der Waals surface area (Å²) in [5.74, 6) is 0.147. The summed E-state index contributed by atoms with van der Waals surface area (Å²) >= 11 is 0. The Balaban J connectivity index is 1.91. The first-order valence-corrected chi connectivity index (χ1v) is 8.99. The summed E-state index contributed by atoms with van der Waals surface area (Å²) in [4.78, 5) is 0. The van der Waals surface area contributed by atoms with Gasteiger partial charge in [-0.2, -0.15) is 0 Å². The number of sulfonamides is 1. The van der Waals surface area contributed by atoms with Crippen molar-refractivity contribution in [1.29, 1.82) is 0 Å². The minimum atomic E-state index is -3.15. The molecule has 1 aliphatic rings. The third-order valence-corrected chi connectivity index (χ3v) is 5.69. The number of rotatable bonds is 6. The number of hydrogen-bond donors (Lipinski definition) is 0. The molecule has 4 nitrogen and oxygen atoms in total. The molecule has 1 aromatic carbocycles. The zero-order valence-electron chi connectivity index (χ0n) is 12.3. The van der Waals surface area contributed by atoms with E-state index in [9.17, 15) is 12.8 Å². The monoisotopic (exact) mass is 315 g/mol. The highest BCUT2D eigenvalue weighted by atomic mass is 32.2. The van der Waals surface area contributed by atoms with Crippen molar-refractivity contribution in [2.75, 3.05) is 25.4 Å². The molecule has 1 saturated heterocycles. The standard InChI is InChI=1S/C15H22FNO3S/c1-2-10-21(18,19)17-9-5-6-13(11-17)12-20-15-8-4-3-7-14(15)16/h3-4,7-8,13H,2,5-6,9-12H2,1H3. The second-order valence-corrected chi connectivity index (χ2v) is 7.51. The van der Waals surface area contributed by atoms with Gasteiger partial charge in [-0.1, -0.05) is 19.1 Å². The van der Waals surface area contributed by atoms with Crippen molar-refractivity contribution >= 4 is 10.0 Å². The smallest absolute Gasteiger partial charge is 0.214 e. The van der Waals surface area contributed by atoms with Crippen molar-refractivity contribution in [3.63, 3.8) is 0 Å². The Morgan fingerprint density at radius 3 is 2.86 bits per heavy atom. The van der Waals surface area contributed by atoms with Gasteiger partial charge < -0.3 is 4.74 Å². The Morgan fingerprint density at radius 1 is 1.38 bits per heavy atom. The highest BCUT2D eigenvalue weighted by molar-refractivity contribution is 7.89. The molecule has 0 amide bonds. The summed E-state index contributed by atoms with van der Waals surface area (Å²) < 4.78 is 44.7. The van der Waals surface area contributed by atoms with E-state index < -0.39 is 10.0 Å². The number of para-hydroxylation sites is 1. The molecule has 1 aliphatic heterocycles. The van der Waals surface area contributed by atoms with Crippen LogP contribution in [-0.4, -0.2) is 38.2 Å². The second kappa shape index (κ2) is 7.22. The van der Waals surface area contributed by atoms with Crippen LogP contribution in [0.5, 0.6) is 5.75 Å². The van der Waals surface area contributed by atoms with E-state index in [4.69, 9.17) is 4.74 Å². The highest BCUT2D eigenvalue weighted by Gasteiger charge is 2.28. The highest BCUT2D eigenvalue weighted by Crippen LogP contribution is 2.22.